The summed E-state index contributed by atoms with van der Waals surface area (Å²) in [6.45, 7) is 0.499. The number of methoxy groups -OCH3 is 1. The minimum Gasteiger partial charge on any atom is -0.497 e. The van der Waals surface area contributed by atoms with E-state index in [-0.39, 0.29) is 23.8 Å². The maximum absolute atomic E-state index is 12.6. The van der Waals surface area contributed by atoms with E-state index in [2.05, 4.69) is 15.3 Å². The molecular weight excluding hydrogens is 332 g/mol. The lowest BCUT2D eigenvalue weighted by Gasteiger charge is -2.23. The van der Waals surface area contributed by atoms with Crippen LogP contribution in [0.5, 0.6) is 5.75 Å². The van der Waals surface area contributed by atoms with Crippen molar-refractivity contribution in [3.05, 3.63) is 42.0 Å². The van der Waals surface area contributed by atoms with Crippen molar-refractivity contribution < 1.29 is 14.3 Å². The number of anilines is 1. The monoisotopic (exact) mass is 354 g/mol. The lowest BCUT2D eigenvalue weighted by molar-refractivity contribution is -0.126. The minimum atomic E-state index is -0.153. The molecule has 2 aliphatic rings. The summed E-state index contributed by atoms with van der Waals surface area (Å²) in [6, 6.07) is 7.24. The SMILES string of the molecule is COc1ccc(N2C[C@@H](NC(=O)[C@H]3CCc4nc[nH]c4C3)CC2=O)cc1. The number of ether oxygens (including phenoxy) is 1. The number of hydrogen-bond donors (Lipinski definition) is 2. The van der Waals surface area contributed by atoms with Crippen LogP contribution in [0.1, 0.15) is 24.2 Å². The van der Waals surface area contributed by atoms with Gasteiger partial charge >= 0.3 is 0 Å². The first-order valence-corrected chi connectivity index (χ1v) is 8.90. The van der Waals surface area contributed by atoms with Crippen LogP contribution in [0.15, 0.2) is 30.6 Å². The van der Waals surface area contributed by atoms with Crippen LogP contribution in [-0.2, 0) is 22.4 Å². The maximum Gasteiger partial charge on any atom is 0.229 e. The summed E-state index contributed by atoms with van der Waals surface area (Å²) in [5.74, 6) is 0.744. The quantitative estimate of drug-likeness (QED) is 0.870. The molecule has 1 aliphatic carbocycles. The number of amides is 2. The Balaban J connectivity index is 1.37. The molecule has 2 atom stereocenters. The smallest absolute Gasteiger partial charge is 0.229 e. The van der Waals surface area contributed by atoms with Crippen molar-refractivity contribution in [3.63, 3.8) is 0 Å². The number of benzene rings is 1. The van der Waals surface area contributed by atoms with Crippen molar-refractivity contribution in [2.45, 2.75) is 31.7 Å². The number of rotatable bonds is 4. The number of imidazole rings is 1. The molecule has 1 fully saturated rings. The molecule has 7 heteroatoms. The molecule has 0 spiro atoms. The fourth-order valence-corrected chi connectivity index (χ4v) is 3.76. The summed E-state index contributed by atoms with van der Waals surface area (Å²) in [5.41, 5.74) is 2.95. The third-order valence-electron chi connectivity index (χ3n) is 5.21. The molecule has 0 radical (unpaired) electrons. The number of aromatic amines is 1. The van der Waals surface area contributed by atoms with Crippen LogP contribution in [0.2, 0.25) is 0 Å². The largest absolute Gasteiger partial charge is 0.497 e. The number of carbonyl (C=O) groups is 2. The molecule has 0 unspecified atom stereocenters. The highest BCUT2D eigenvalue weighted by Crippen LogP contribution is 2.26. The topological polar surface area (TPSA) is 87.3 Å². The van der Waals surface area contributed by atoms with Crippen molar-refractivity contribution in [3.8, 4) is 5.75 Å². The number of H-pyrrole nitrogens is 1. The van der Waals surface area contributed by atoms with Gasteiger partial charge in [-0.1, -0.05) is 0 Å². The van der Waals surface area contributed by atoms with Gasteiger partial charge in [0.05, 0.1) is 25.2 Å². The Morgan fingerprint density at radius 1 is 1.31 bits per heavy atom. The van der Waals surface area contributed by atoms with Crippen LogP contribution in [0.25, 0.3) is 0 Å². The van der Waals surface area contributed by atoms with E-state index in [9.17, 15) is 9.59 Å². The van der Waals surface area contributed by atoms with Gasteiger partial charge in [-0.15, -0.1) is 0 Å². The number of aromatic nitrogens is 2. The molecule has 0 bridgehead atoms. The van der Waals surface area contributed by atoms with Crippen LogP contribution >= 0.6 is 0 Å². The van der Waals surface area contributed by atoms with Crippen molar-refractivity contribution in [2.24, 2.45) is 5.92 Å². The Kier molecular flexibility index (Phi) is 4.36. The van der Waals surface area contributed by atoms with Crippen LogP contribution < -0.4 is 15.0 Å². The number of nitrogens with zero attached hydrogens (tertiary/aromatic N) is 2. The van der Waals surface area contributed by atoms with Gasteiger partial charge in [-0.05, 0) is 37.1 Å². The van der Waals surface area contributed by atoms with Gasteiger partial charge in [0.15, 0.2) is 0 Å². The second-order valence-electron chi connectivity index (χ2n) is 6.88. The molecule has 1 aromatic carbocycles. The van der Waals surface area contributed by atoms with Crippen LogP contribution in [0, 0.1) is 5.92 Å². The second kappa shape index (κ2) is 6.82. The fourth-order valence-electron chi connectivity index (χ4n) is 3.76. The Hall–Kier alpha value is -2.83. The summed E-state index contributed by atoms with van der Waals surface area (Å²) in [4.78, 5) is 34.1. The van der Waals surface area contributed by atoms with Crippen LogP contribution in [0.3, 0.4) is 0 Å². The average Bonchev–Trinajstić information content (AvgIpc) is 3.27. The number of nitrogens with one attached hydrogen (secondary N) is 2. The zero-order valence-electron chi connectivity index (χ0n) is 14.7. The summed E-state index contributed by atoms with van der Waals surface area (Å²) in [6.07, 6.45) is 4.32. The highest BCUT2D eigenvalue weighted by atomic mass is 16.5. The van der Waals surface area contributed by atoms with E-state index >= 15 is 0 Å². The third-order valence-corrected chi connectivity index (χ3v) is 5.21. The standard InChI is InChI=1S/C19H22N4O3/c1-26-15-5-3-14(4-6-15)23-10-13(9-18(23)24)22-19(25)12-2-7-16-17(8-12)21-11-20-16/h3-6,11-13H,2,7-10H2,1H3,(H,20,21)(H,22,25)/t12-,13-/m0/s1. The van der Waals surface area contributed by atoms with Gasteiger partial charge in [-0.25, -0.2) is 4.98 Å². The number of aryl methyl sites for hydroxylation is 1. The molecule has 1 saturated heterocycles. The molecule has 2 aromatic rings. The van der Waals surface area contributed by atoms with Gasteiger partial charge in [0.25, 0.3) is 0 Å². The van der Waals surface area contributed by atoms with Gasteiger partial charge in [-0.3, -0.25) is 9.59 Å². The first kappa shape index (κ1) is 16.6. The molecule has 2 N–H and O–H groups in total. The lowest BCUT2D eigenvalue weighted by atomic mass is 9.89. The fraction of sp³-hybridized carbons (Fsp3) is 0.421. The van der Waals surface area contributed by atoms with E-state index in [4.69, 9.17) is 4.74 Å². The first-order chi connectivity index (χ1) is 12.6. The van der Waals surface area contributed by atoms with Gasteiger partial charge in [0.1, 0.15) is 5.75 Å². The van der Waals surface area contributed by atoms with E-state index in [0.717, 1.165) is 35.7 Å². The third kappa shape index (κ3) is 3.16. The lowest BCUT2D eigenvalue weighted by Crippen LogP contribution is -2.42. The van der Waals surface area contributed by atoms with Gasteiger partial charge in [0.2, 0.25) is 11.8 Å². The number of carbonyl (C=O) groups excluding carboxylic acids is 2. The van der Waals surface area contributed by atoms with Gasteiger partial charge in [0, 0.05) is 36.7 Å². The minimum absolute atomic E-state index is 0.0274. The average molecular weight is 354 g/mol. The van der Waals surface area contributed by atoms with Crippen molar-refractivity contribution in [1.82, 2.24) is 15.3 Å². The predicted octanol–water partition coefficient (Wildman–Crippen LogP) is 1.44. The van der Waals surface area contributed by atoms with E-state index < -0.39 is 0 Å². The van der Waals surface area contributed by atoms with Crippen LogP contribution in [0.4, 0.5) is 5.69 Å². The normalized spacial score (nSPS) is 22.2. The van der Waals surface area contributed by atoms with Crippen molar-refractivity contribution in [1.29, 1.82) is 0 Å². The number of fused-ring (bicyclic) bond motifs is 1. The van der Waals surface area contributed by atoms with Crippen LogP contribution in [-0.4, -0.2) is 41.5 Å². The summed E-state index contributed by atoms with van der Waals surface area (Å²) >= 11 is 0. The Morgan fingerprint density at radius 3 is 2.88 bits per heavy atom. The van der Waals surface area contributed by atoms with E-state index in [1.807, 2.05) is 24.3 Å². The Bertz CT molecular complexity index is 814. The Morgan fingerprint density at radius 2 is 2.12 bits per heavy atom. The molecule has 0 saturated carbocycles. The molecule has 2 amide bonds. The molecular formula is C19H22N4O3. The number of hydrogen-bond acceptors (Lipinski definition) is 4. The van der Waals surface area contributed by atoms with Gasteiger partial charge < -0.3 is 19.9 Å². The summed E-state index contributed by atoms with van der Waals surface area (Å²) in [5, 5.41) is 3.06. The molecule has 136 valence electrons. The zero-order valence-corrected chi connectivity index (χ0v) is 14.7. The van der Waals surface area contributed by atoms with E-state index in [1.165, 1.54) is 0 Å². The maximum atomic E-state index is 12.6. The molecule has 26 heavy (non-hydrogen) atoms. The molecule has 2 heterocycles. The molecule has 1 aromatic heterocycles. The first-order valence-electron chi connectivity index (χ1n) is 8.90. The zero-order chi connectivity index (χ0) is 18.1. The highest BCUT2D eigenvalue weighted by molar-refractivity contribution is 5.97. The highest BCUT2D eigenvalue weighted by Gasteiger charge is 2.34. The van der Waals surface area contributed by atoms with E-state index in [1.54, 1.807) is 18.3 Å². The summed E-state index contributed by atoms with van der Waals surface area (Å²) in [7, 11) is 1.61. The van der Waals surface area contributed by atoms with Crippen molar-refractivity contribution >= 4 is 17.5 Å². The van der Waals surface area contributed by atoms with E-state index in [0.29, 0.717) is 19.4 Å². The predicted molar refractivity (Wildman–Crippen MR) is 96.0 cm³/mol. The molecule has 1 aliphatic heterocycles. The second-order valence-corrected chi connectivity index (χ2v) is 6.88. The van der Waals surface area contributed by atoms with Crippen molar-refractivity contribution in [2.75, 3.05) is 18.6 Å². The molecule has 4 rings (SSSR count). The Labute approximate surface area is 151 Å². The van der Waals surface area contributed by atoms with Gasteiger partial charge in [-0.2, -0.15) is 0 Å². The molecule has 7 nitrogen and oxygen atoms in total. The summed E-state index contributed by atoms with van der Waals surface area (Å²) < 4.78 is 5.15.